The fraction of sp³-hybridized carbons (Fsp3) is 0.353. The maximum Gasteiger partial charge on any atom is 0.361 e. The van der Waals surface area contributed by atoms with Gasteiger partial charge in [0.1, 0.15) is 0 Å². The van der Waals surface area contributed by atoms with Crippen molar-refractivity contribution in [2.24, 2.45) is 7.05 Å². The zero-order chi connectivity index (χ0) is 18.6. The Labute approximate surface area is 154 Å². The topological polar surface area (TPSA) is 73.7 Å². The second-order valence-corrected chi connectivity index (χ2v) is 6.28. The van der Waals surface area contributed by atoms with Crippen molar-refractivity contribution in [3.63, 3.8) is 0 Å². The third-order valence-corrected chi connectivity index (χ3v) is 4.10. The highest BCUT2D eigenvalue weighted by molar-refractivity contribution is 9.10. The molecular weight excluding hydrogens is 390 g/mol. The van der Waals surface area contributed by atoms with Crippen LogP contribution < -0.4 is 15.2 Å². The number of halogens is 1. The molecule has 134 valence electrons. The normalized spacial score (nSPS) is 10.4. The Bertz CT molecular complexity index is 818. The van der Waals surface area contributed by atoms with Crippen molar-refractivity contribution in [3.8, 4) is 5.75 Å². The van der Waals surface area contributed by atoms with E-state index in [0.29, 0.717) is 12.5 Å². The molecule has 0 fully saturated rings. The summed E-state index contributed by atoms with van der Waals surface area (Å²) in [7, 11) is 4.71. The summed E-state index contributed by atoms with van der Waals surface area (Å²) in [6.45, 7) is 2.39. The minimum absolute atomic E-state index is 0.120. The van der Waals surface area contributed by atoms with Crippen molar-refractivity contribution in [1.29, 1.82) is 0 Å². The van der Waals surface area contributed by atoms with Gasteiger partial charge in [-0.3, -0.25) is 9.36 Å². The van der Waals surface area contributed by atoms with Crippen LogP contribution in [-0.4, -0.2) is 36.3 Å². The summed E-state index contributed by atoms with van der Waals surface area (Å²) in [4.78, 5) is 30.7. The smallest absolute Gasteiger partial charge is 0.361 e. The Morgan fingerprint density at radius 1 is 1.32 bits per heavy atom. The van der Waals surface area contributed by atoms with Gasteiger partial charge >= 0.3 is 5.97 Å². The van der Waals surface area contributed by atoms with Gasteiger partial charge in [-0.25, -0.2) is 9.78 Å². The molecule has 0 aliphatic carbocycles. The molecule has 0 bridgehead atoms. The SMILES string of the molecule is CCOC(=O)c1nc(N(C)Cc2ccc(Br)cc2)n(C)c(=O)c1OC. The van der Waals surface area contributed by atoms with Crippen molar-refractivity contribution < 1.29 is 14.3 Å². The van der Waals surface area contributed by atoms with Gasteiger partial charge in [0, 0.05) is 25.1 Å². The molecule has 8 heteroatoms. The molecule has 0 aliphatic heterocycles. The molecule has 0 spiro atoms. The second kappa shape index (κ2) is 8.15. The van der Waals surface area contributed by atoms with Gasteiger partial charge in [-0.2, -0.15) is 0 Å². The lowest BCUT2D eigenvalue weighted by molar-refractivity contribution is 0.0514. The summed E-state index contributed by atoms with van der Waals surface area (Å²) >= 11 is 3.40. The van der Waals surface area contributed by atoms with Gasteiger partial charge in [-0.15, -0.1) is 0 Å². The number of hydrogen-bond acceptors (Lipinski definition) is 6. The summed E-state index contributed by atoms with van der Waals surface area (Å²) in [5, 5.41) is 0. The van der Waals surface area contributed by atoms with E-state index in [-0.39, 0.29) is 18.1 Å². The molecule has 1 aromatic carbocycles. The van der Waals surface area contributed by atoms with E-state index in [1.54, 1.807) is 25.9 Å². The molecule has 0 saturated heterocycles. The Kier molecular flexibility index (Phi) is 6.19. The Hall–Kier alpha value is -2.35. The lowest BCUT2D eigenvalue weighted by Crippen LogP contribution is -2.31. The van der Waals surface area contributed by atoms with Crippen LogP contribution in [-0.2, 0) is 18.3 Å². The van der Waals surface area contributed by atoms with E-state index in [1.165, 1.54) is 11.7 Å². The average Bonchev–Trinajstić information content (AvgIpc) is 2.59. The van der Waals surface area contributed by atoms with E-state index in [2.05, 4.69) is 20.9 Å². The zero-order valence-electron chi connectivity index (χ0n) is 14.6. The number of methoxy groups -OCH3 is 1. The average molecular weight is 410 g/mol. The number of ether oxygens (including phenoxy) is 2. The molecule has 2 aromatic rings. The highest BCUT2D eigenvalue weighted by atomic mass is 79.9. The monoisotopic (exact) mass is 409 g/mol. The fourth-order valence-electron chi connectivity index (χ4n) is 2.37. The second-order valence-electron chi connectivity index (χ2n) is 5.36. The molecule has 0 radical (unpaired) electrons. The fourth-order valence-corrected chi connectivity index (χ4v) is 2.63. The van der Waals surface area contributed by atoms with Crippen LogP contribution in [0.3, 0.4) is 0 Å². The molecule has 0 atom stereocenters. The van der Waals surface area contributed by atoms with E-state index in [0.717, 1.165) is 10.0 Å². The van der Waals surface area contributed by atoms with Crippen molar-refractivity contribution in [2.75, 3.05) is 25.7 Å². The van der Waals surface area contributed by atoms with Crippen LogP contribution >= 0.6 is 15.9 Å². The third-order valence-electron chi connectivity index (χ3n) is 3.57. The summed E-state index contributed by atoms with van der Waals surface area (Å²) in [6, 6.07) is 7.81. The first-order valence-corrected chi connectivity index (χ1v) is 8.46. The molecule has 1 heterocycles. The quantitative estimate of drug-likeness (QED) is 0.681. The summed E-state index contributed by atoms with van der Waals surface area (Å²) < 4.78 is 12.4. The van der Waals surface area contributed by atoms with Gasteiger partial charge in [-0.05, 0) is 24.6 Å². The molecule has 2 rings (SSSR count). The van der Waals surface area contributed by atoms with E-state index in [4.69, 9.17) is 9.47 Å². The lowest BCUT2D eigenvalue weighted by atomic mass is 10.2. The molecular formula is C17H20BrN3O4. The molecule has 0 amide bonds. The predicted molar refractivity (Wildman–Crippen MR) is 98.2 cm³/mol. The number of anilines is 1. The molecule has 0 saturated carbocycles. The highest BCUT2D eigenvalue weighted by Gasteiger charge is 2.23. The molecule has 0 unspecified atom stereocenters. The minimum atomic E-state index is -0.685. The van der Waals surface area contributed by atoms with E-state index in [9.17, 15) is 9.59 Å². The van der Waals surface area contributed by atoms with Crippen LogP contribution in [0.25, 0.3) is 0 Å². The Morgan fingerprint density at radius 2 is 1.96 bits per heavy atom. The summed E-state index contributed by atoms with van der Waals surface area (Å²) in [5.41, 5.74) is 0.469. The summed E-state index contributed by atoms with van der Waals surface area (Å²) in [6.07, 6.45) is 0. The van der Waals surface area contributed by atoms with Gasteiger partial charge in [-0.1, -0.05) is 28.1 Å². The first kappa shape index (κ1) is 19.0. The molecule has 25 heavy (non-hydrogen) atoms. The van der Waals surface area contributed by atoms with Crippen LogP contribution in [0.4, 0.5) is 5.95 Å². The standard InChI is InChI=1S/C17H20BrN3O4/c1-5-25-16(23)13-14(24-4)15(22)21(3)17(19-13)20(2)10-11-6-8-12(18)9-7-11/h6-9H,5,10H2,1-4H3. The van der Waals surface area contributed by atoms with E-state index < -0.39 is 11.5 Å². The van der Waals surface area contributed by atoms with E-state index in [1.807, 2.05) is 24.3 Å². The first-order chi connectivity index (χ1) is 11.9. The number of aromatic nitrogens is 2. The van der Waals surface area contributed by atoms with Crippen molar-refractivity contribution in [2.45, 2.75) is 13.5 Å². The number of benzene rings is 1. The number of carbonyl (C=O) groups excluding carboxylic acids is 1. The Morgan fingerprint density at radius 3 is 2.52 bits per heavy atom. The number of esters is 1. The number of nitrogens with zero attached hydrogens (tertiary/aromatic N) is 3. The van der Waals surface area contributed by atoms with E-state index >= 15 is 0 Å². The van der Waals surface area contributed by atoms with Crippen LogP contribution in [0.2, 0.25) is 0 Å². The van der Waals surface area contributed by atoms with Crippen LogP contribution in [0.15, 0.2) is 33.5 Å². The van der Waals surface area contributed by atoms with Crippen LogP contribution in [0.5, 0.6) is 5.75 Å². The molecule has 7 nitrogen and oxygen atoms in total. The van der Waals surface area contributed by atoms with Crippen LogP contribution in [0, 0.1) is 0 Å². The number of hydrogen-bond donors (Lipinski definition) is 0. The maximum absolute atomic E-state index is 12.5. The number of carbonyl (C=O) groups is 1. The first-order valence-electron chi connectivity index (χ1n) is 7.66. The van der Waals surface area contributed by atoms with Crippen molar-refractivity contribution >= 4 is 27.8 Å². The molecule has 0 N–H and O–H groups in total. The van der Waals surface area contributed by atoms with Gasteiger partial charge in [0.15, 0.2) is 5.69 Å². The predicted octanol–water partition coefficient (Wildman–Crippen LogP) is 2.36. The van der Waals surface area contributed by atoms with Gasteiger partial charge in [0.05, 0.1) is 13.7 Å². The van der Waals surface area contributed by atoms with Crippen molar-refractivity contribution in [3.05, 3.63) is 50.3 Å². The summed E-state index contributed by atoms with van der Waals surface area (Å²) in [5.74, 6) is -0.464. The minimum Gasteiger partial charge on any atom is -0.489 e. The highest BCUT2D eigenvalue weighted by Crippen LogP contribution is 2.19. The largest absolute Gasteiger partial charge is 0.489 e. The molecule has 1 aromatic heterocycles. The number of rotatable bonds is 6. The van der Waals surface area contributed by atoms with Gasteiger partial charge in [0.25, 0.3) is 5.56 Å². The zero-order valence-corrected chi connectivity index (χ0v) is 16.2. The maximum atomic E-state index is 12.5. The Balaban J connectivity index is 2.44. The van der Waals surface area contributed by atoms with Gasteiger partial charge in [0.2, 0.25) is 11.7 Å². The third kappa shape index (κ3) is 4.19. The molecule has 0 aliphatic rings. The lowest BCUT2D eigenvalue weighted by Gasteiger charge is -2.22. The van der Waals surface area contributed by atoms with Gasteiger partial charge < -0.3 is 14.4 Å². The van der Waals surface area contributed by atoms with Crippen molar-refractivity contribution in [1.82, 2.24) is 9.55 Å². The van der Waals surface area contributed by atoms with Crippen LogP contribution in [0.1, 0.15) is 23.0 Å².